The van der Waals surface area contributed by atoms with Gasteiger partial charge in [0.25, 0.3) is 0 Å². The van der Waals surface area contributed by atoms with Crippen molar-refractivity contribution >= 4 is 75.8 Å². The third-order valence-electron chi connectivity index (χ3n) is 10.3. The van der Waals surface area contributed by atoms with Crippen molar-refractivity contribution in [2.75, 3.05) is 109 Å². The quantitative estimate of drug-likeness (QED) is 0.0194. The average molecular weight is 1110 g/mol. The molecule has 0 saturated heterocycles. The average Bonchev–Trinajstić information content (AvgIpc) is 3.33. The van der Waals surface area contributed by atoms with Crippen LogP contribution < -0.4 is 51.1 Å². The van der Waals surface area contributed by atoms with E-state index in [-0.39, 0.29) is 53.1 Å². The van der Waals surface area contributed by atoms with Crippen LogP contribution in [0.3, 0.4) is 0 Å². The zero-order valence-electron chi connectivity index (χ0n) is 42.5. The lowest BCUT2D eigenvalue weighted by Crippen LogP contribution is -3.00. The second kappa shape index (κ2) is 28.7. The van der Waals surface area contributed by atoms with Gasteiger partial charge in [0.15, 0.2) is 0 Å². The zero-order chi connectivity index (χ0) is 53.9. The second-order valence-electron chi connectivity index (χ2n) is 16.3. The van der Waals surface area contributed by atoms with Gasteiger partial charge in [0, 0.05) is 76.1 Å². The van der Waals surface area contributed by atoms with E-state index in [9.17, 15) is 38.4 Å². The number of benzene rings is 4. The number of anilines is 3. The lowest BCUT2D eigenvalue weighted by Gasteiger charge is -2.26. The number of rotatable bonds is 25. The molecular weight excluding hydrogens is 1050 g/mol. The van der Waals surface area contributed by atoms with Crippen LogP contribution >= 0.6 is 0 Å². The Balaban J connectivity index is 0.0000122. The minimum atomic E-state index is -0.904. The Morgan fingerprint density at radius 3 is 1.45 bits per heavy atom. The van der Waals surface area contributed by atoms with E-state index in [1.54, 1.807) is 42.5 Å². The number of halogens is 1. The molecule has 1 aliphatic heterocycles. The largest absolute Gasteiger partial charge is 1.00 e. The molecule has 0 unspecified atom stereocenters. The highest BCUT2D eigenvalue weighted by atomic mass is 79.9. The number of para-hydroxylation sites is 2. The highest BCUT2D eigenvalue weighted by Crippen LogP contribution is 2.43. The molecule has 75 heavy (non-hydrogen) atoms. The summed E-state index contributed by atoms with van der Waals surface area (Å²) in [6, 6.07) is 23.1. The fourth-order valence-electron chi connectivity index (χ4n) is 6.90. The zero-order valence-corrected chi connectivity index (χ0v) is 44.1. The van der Waals surface area contributed by atoms with Crippen molar-refractivity contribution in [2.24, 2.45) is 0 Å². The van der Waals surface area contributed by atoms with E-state index >= 15 is 0 Å². The lowest BCUT2D eigenvalue weighted by atomic mass is 9.93. The van der Waals surface area contributed by atoms with Gasteiger partial charge in [-0.15, -0.1) is 0 Å². The molecule has 0 radical (unpaired) electrons. The Labute approximate surface area is 441 Å². The summed E-state index contributed by atoms with van der Waals surface area (Å²) in [5, 5.41) is 1.63. The van der Waals surface area contributed by atoms with E-state index < -0.39 is 101 Å². The first-order valence-corrected chi connectivity index (χ1v) is 22.6. The Bertz CT molecular complexity index is 2830. The van der Waals surface area contributed by atoms with E-state index in [1.165, 1.54) is 9.80 Å². The first-order valence-electron chi connectivity index (χ1n) is 22.6. The van der Waals surface area contributed by atoms with Crippen molar-refractivity contribution in [3.8, 4) is 33.9 Å². The summed E-state index contributed by atoms with van der Waals surface area (Å²) in [5.74, 6) is -5.49. The van der Waals surface area contributed by atoms with Gasteiger partial charge in [-0.3, -0.25) is 38.4 Å². The Morgan fingerprint density at radius 1 is 0.520 bits per heavy atom. The first-order chi connectivity index (χ1) is 35.3. The molecule has 3 aromatic rings. The summed E-state index contributed by atoms with van der Waals surface area (Å²) in [4.78, 5) is 102. The molecule has 0 spiro atoms. The van der Waals surface area contributed by atoms with Gasteiger partial charge in [-0.05, 0) is 48.0 Å². The van der Waals surface area contributed by atoms with Crippen molar-refractivity contribution in [3.05, 3.63) is 84.2 Å². The van der Waals surface area contributed by atoms with Crippen LogP contribution in [-0.4, -0.2) is 143 Å². The molecule has 0 fully saturated rings. The molecule has 24 heteroatoms. The van der Waals surface area contributed by atoms with Gasteiger partial charge in [0.05, 0.1) is 17.4 Å². The van der Waals surface area contributed by atoms with Crippen LogP contribution in [0, 0.1) is 0 Å². The molecule has 0 N–H and O–H groups in total. The lowest BCUT2D eigenvalue weighted by molar-refractivity contribution is -0.167. The number of hydrogen-bond acceptors (Lipinski definition) is 22. The fraction of sp³-hybridized carbons (Fsp3) is 0.353. The number of fused-ring (bicyclic) bond motifs is 2. The summed E-state index contributed by atoms with van der Waals surface area (Å²) < 4.78 is 60.5. The molecule has 1 aliphatic carbocycles. The molecule has 23 nitrogen and oxygen atoms in total. The highest BCUT2D eigenvalue weighted by molar-refractivity contribution is 6.03. The number of ether oxygens (including phenoxy) is 10. The van der Waals surface area contributed by atoms with Crippen molar-refractivity contribution < 1.29 is 107 Å². The third-order valence-corrected chi connectivity index (χ3v) is 10.3. The molecule has 0 amide bonds. The predicted octanol–water partition coefficient (Wildman–Crippen LogP) is 0.632. The Hall–Kier alpha value is -8.41. The standard InChI is InChI=1S/C51H57N4O19.BrH/c1-32(56)66-28-70-47(60)24-54(25-48(61)71-29-67-33(2)57)41-11-9-10-12-43(41)64-19-20-65-46-21-36(13-18-42(46)55(26-49(62)72-30-68-34(3)58)27-50(63)73-31-69-35(4)59)51-39-16-14-37(52(5)6)22-44(39)74-45-23-38(53(7)8)15-17-40(45)51;/h9-18,21-23H,19-20,24-31H2,1-8H3;1H/q+1;/p-1. The topological polar surface area (TPSA) is 255 Å². The number of carbonyl (C=O) groups is 8. The minimum absolute atomic E-state index is 0. The SMILES string of the molecule is CC(=O)OCOC(=O)CN(CC(=O)OCOC(C)=O)c1ccccc1OCCOc1cc(-c2c3ccc(=[N+](C)C)cc-3oc3cc(N(C)C)ccc23)ccc1N(CC(=O)OCOC(C)=O)CC(=O)OCOC(C)=O.[Br-]. The molecule has 0 atom stereocenters. The van der Waals surface area contributed by atoms with E-state index in [2.05, 4.69) is 0 Å². The van der Waals surface area contributed by atoms with Gasteiger partial charge < -0.3 is 83.5 Å². The molecule has 1 heterocycles. The monoisotopic (exact) mass is 1110 g/mol. The Kier molecular flexibility index (Phi) is 22.7. The van der Waals surface area contributed by atoms with Gasteiger partial charge in [-0.25, -0.2) is 4.58 Å². The first kappa shape index (κ1) is 59.2. The molecule has 0 bridgehead atoms. The normalized spacial score (nSPS) is 10.5. The summed E-state index contributed by atoms with van der Waals surface area (Å²) in [6.45, 7) is -0.912. The molecular formula is C51H57BrN4O19. The van der Waals surface area contributed by atoms with Gasteiger partial charge in [0.1, 0.15) is 76.3 Å². The maximum absolute atomic E-state index is 13.3. The fourth-order valence-corrected chi connectivity index (χ4v) is 6.90. The van der Waals surface area contributed by atoms with Crippen LogP contribution in [-0.2, 0) is 76.3 Å². The maximum Gasteiger partial charge on any atom is 0.328 e. The van der Waals surface area contributed by atoms with Crippen molar-refractivity contribution in [1.82, 2.24) is 4.58 Å². The number of nitrogens with zero attached hydrogens (tertiary/aromatic N) is 4. The van der Waals surface area contributed by atoms with Crippen LogP contribution in [0.5, 0.6) is 11.5 Å². The summed E-state index contributed by atoms with van der Waals surface area (Å²) >= 11 is 0. The molecule has 2 aliphatic rings. The molecule has 5 rings (SSSR count). The van der Waals surface area contributed by atoms with Crippen LogP contribution in [0.15, 0.2) is 83.3 Å². The highest BCUT2D eigenvalue weighted by Gasteiger charge is 2.26. The van der Waals surface area contributed by atoms with E-state index in [0.717, 1.165) is 55.3 Å². The minimum Gasteiger partial charge on any atom is -1.00 e. The summed E-state index contributed by atoms with van der Waals surface area (Å²) in [7, 11) is 7.65. The number of esters is 8. The second-order valence-corrected chi connectivity index (χ2v) is 16.3. The predicted molar refractivity (Wildman–Crippen MR) is 262 cm³/mol. The van der Waals surface area contributed by atoms with E-state index in [0.29, 0.717) is 16.9 Å². The van der Waals surface area contributed by atoms with Crippen LogP contribution in [0.25, 0.3) is 33.4 Å². The molecule has 3 aromatic carbocycles. The van der Waals surface area contributed by atoms with Crippen LogP contribution in [0.2, 0.25) is 0 Å². The molecule has 0 aromatic heterocycles. The Morgan fingerprint density at radius 2 is 0.987 bits per heavy atom. The van der Waals surface area contributed by atoms with Gasteiger partial charge in [-0.1, -0.05) is 18.2 Å². The van der Waals surface area contributed by atoms with Gasteiger partial charge in [0.2, 0.25) is 32.5 Å². The van der Waals surface area contributed by atoms with Crippen molar-refractivity contribution in [1.29, 1.82) is 0 Å². The summed E-state index contributed by atoms with van der Waals surface area (Å²) in [6.07, 6.45) is 0. The molecule has 0 saturated carbocycles. The maximum atomic E-state index is 13.3. The number of carbonyl (C=O) groups excluding carboxylic acids is 8. The van der Waals surface area contributed by atoms with Crippen molar-refractivity contribution in [3.63, 3.8) is 0 Å². The number of hydrogen-bond donors (Lipinski definition) is 0. The smallest absolute Gasteiger partial charge is 0.328 e. The molecule has 402 valence electrons. The van der Waals surface area contributed by atoms with Gasteiger partial charge in [-0.2, -0.15) is 0 Å². The van der Waals surface area contributed by atoms with E-state index in [1.807, 2.05) is 74.1 Å². The van der Waals surface area contributed by atoms with Crippen molar-refractivity contribution in [2.45, 2.75) is 27.7 Å². The summed E-state index contributed by atoms with van der Waals surface area (Å²) in [5.41, 5.74) is 3.99. The van der Waals surface area contributed by atoms with Crippen LogP contribution in [0.1, 0.15) is 27.7 Å². The van der Waals surface area contributed by atoms with Gasteiger partial charge >= 0.3 is 47.8 Å². The van der Waals surface area contributed by atoms with E-state index in [4.69, 9.17) is 51.8 Å². The third kappa shape index (κ3) is 18.2. The van der Waals surface area contributed by atoms with Crippen LogP contribution in [0.4, 0.5) is 17.1 Å².